The van der Waals surface area contributed by atoms with Crippen LogP contribution in [0.5, 0.6) is 0 Å². The van der Waals surface area contributed by atoms with Crippen molar-refractivity contribution in [2.45, 2.75) is 69.6 Å². The van der Waals surface area contributed by atoms with E-state index < -0.39 is 12.1 Å². The second kappa shape index (κ2) is 9.36. The Morgan fingerprint density at radius 2 is 1.81 bits per heavy atom. The van der Waals surface area contributed by atoms with Crippen LogP contribution in [0.1, 0.15) is 56.2 Å². The molecular formula is C23H33N5O3. The van der Waals surface area contributed by atoms with Gasteiger partial charge in [-0.05, 0) is 63.6 Å². The Bertz CT molecular complexity index is 844. The molecule has 0 saturated carbocycles. The molecule has 4 rings (SSSR count). The highest BCUT2D eigenvalue weighted by atomic mass is 16.2. The van der Waals surface area contributed by atoms with Crippen molar-refractivity contribution in [3.8, 4) is 0 Å². The molecule has 8 nitrogen and oxygen atoms in total. The van der Waals surface area contributed by atoms with E-state index in [9.17, 15) is 14.4 Å². The zero-order chi connectivity index (χ0) is 22.0. The number of carbonyl (C=O) groups is 3. The van der Waals surface area contributed by atoms with Crippen LogP contribution in [0.25, 0.3) is 0 Å². The molecule has 2 heterocycles. The summed E-state index contributed by atoms with van der Waals surface area (Å²) < 4.78 is 0. The van der Waals surface area contributed by atoms with E-state index in [1.807, 2.05) is 17.1 Å². The van der Waals surface area contributed by atoms with E-state index in [0.717, 1.165) is 32.2 Å². The summed E-state index contributed by atoms with van der Waals surface area (Å²) in [6.07, 6.45) is 4.98. The standard InChI is InChI=1S/C23H33N5O3/c1-15(24-2)21(29)26-19-11-6-13-27-14-12-20(28(27)23(19)31)22(30)25-18-10-5-8-16-7-3-4-9-17(16)18/h3-4,7,9,15,18-20,24H,5-6,8,10-14H2,1-2H3,(H,25,30)(H,26,29). The summed E-state index contributed by atoms with van der Waals surface area (Å²) in [7, 11) is 1.71. The number of benzene rings is 1. The van der Waals surface area contributed by atoms with E-state index in [-0.39, 0.29) is 29.8 Å². The molecule has 1 aromatic carbocycles. The molecule has 2 saturated heterocycles. The summed E-state index contributed by atoms with van der Waals surface area (Å²) in [4.78, 5) is 39.0. The van der Waals surface area contributed by atoms with E-state index in [0.29, 0.717) is 19.4 Å². The zero-order valence-electron chi connectivity index (χ0n) is 18.4. The number of fused-ring (bicyclic) bond motifs is 2. The van der Waals surface area contributed by atoms with Crippen LogP contribution >= 0.6 is 0 Å². The Balaban J connectivity index is 1.47. The highest BCUT2D eigenvalue weighted by molar-refractivity contribution is 5.93. The lowest BCUT2D eigenvalue weighted by Crippen LogP contribution is -2.57. The molecule has 0 radical (unpaired) electrons. The predicted octanol–water partition coefficient (Wildman–Crippen LogP) is 0.885. The van der Waals surface area contributed by atoms with Gasteiger partial charge in [-0.1, -0.05) is 24.3 Å². The third kappa shape index (κ3) is 4.45. The van der Waals surface area contributed by atoms with E-state index in [1.165, 1.54) is 11.1 Å². The molecule has 4 unspecified atom stereocenters. The smallest absolute Gasteiger partial charge is 0.260 e. The average Bonchev–Trinajstić information content (AvgIpc) is 3.15. The van der Waals surface area contributed by atoms with Gasteiger partial charge in [0.25, 0.3) is 5.91 Å². The summed E-state index contributed by atoms with van der Waals surface area (Å²) in [6, 6.07) is 6.75. The second-order valence-electron chi connectivity index (χ2n) is 8.81. The van der Waals surface area contributed by atoms with Gasteiger partial charge in [0.05, 0.1) is 12.1 Å². The molecule has 3 aliphatic rings. The minimum atomic E-state index is -0.600. The summed E-state index contributed by atoms with van der Waals surface area (Å²) in [5.41, 5.74) is 2.48. The SMILES string of the molecule is CNC(C)C(=O)NC1CCCN2CCC(C(=O)NC3CCCc4ccccc43)N2C1=O. The predicted molar refractivity (Wildman–Crippen MR) is 117 cm³/mol. The number of rotatable bonds is 5. The first-order chi connectivity index (χ1) is 15.0. The number of nitrogens with zero attached hydrogens (tertiary/aromatic N) is 2. The van der Waals surface area contributed by atoms with Crippen LogP contribution in [0, 0.1) is 0 Å². The second-order valence-corrected chi connectivity index (χ2v) is 8.81. The Kier molecular flexibility index (Phi) is 6.57. The van der Waals surface area contributed by atoms with Gasteiger partial charge in [0.1, 0.15) is 12.1 Å². The van der Waals surface area contributed by atoms with Crippen molar-refractivity contribution in [1.82, 2.24) is 26.0 Å². The van der Waals surface area contributed by atoms with E-state index in [1.54, 1.807) is 19.0 Å². The molecule has 168 valence electrons. The fourth-order valence-corrected chi connectivity index (χ4v) is 4.95. The van der Waals surface area contributed by atoms with Gasteiger partial charge in [-0.3, -0.25) is 19.4 Å². The van der Waals surface area contributed by atoms with Gasteiger partial charge >= 0.3 is 0 Å². The van der Waals surface area contributed by atoms with Crippen molar-refractivity contribution in [3.05, 3.63) is 35.4 Å². The molecule has 4 atom stereocenters. The maximum atomic E-state index is 13.3. The Labute approximate surface area is 183 Å². The van der Waals surface area contributed by atoms with Gasteiger partial charge < -0.3 is 16.0 Å². The molecule has 8 heteroatoms. The maximum absolute atomic E-state index is 13.3. The van der Waals surface area contributed by atoms with Crippen LogP contribution in [0.15, 0.2) is 24.3 Å². The van der Waals surface area contributed by atoms with Crippen LogP contribution in [-0.2, 0) is 20.8 Å². The van der Waals surface area contributed by atoms with Crippen molar-refractivity contribution in [1.29, 1.82) is 0 Å². The van der Waals surface area contributed by atoms with Crippen LogP contribution in [0.3, 0.4) is 0 Å². The third-order valence-corrected chi connectivity index (χ3v) is 6.82. The van der Waals surface area contributed by atoms with Gasteiger partial charge in [0.2, 0.25) is 11.8 Å². The van der Waals surface area contributed by atoms with Gasteiger partial charge in [-0.25, -0.2) is 5.01 Å². The molecule has 3 amide bonds. The molecule has 1 aromatic rings. The number of carbonyl (C=O) groups excluding carboxylic acids is 3. The van der Waals surface area contributed by atoms with Crippen LogP contribution < -0.4 is 16.0 Å². The summed E-state index contributed by atoms with van der Waals surface area (Å²) in [5, 5.41) is 12.6. The lowest BCUT2D eigenvalue weighted by atomic mass is 9.87. The molecule has 0 spiro atoms. The monoisotopic (exact) mass is 427 g/mol. The van der Waals surface area contributed by atoms with Gasteiger partial charge in [0.15, 0.2) is 0 Å². The molecule has 2 aliphatic heterocycles. The number of nitrogens with one attached hydrogen (secondary N) is 3. The number of hydrogen-bond donors (Lipinski definition) is 3. The number of amides is 3. The molecule has 2 fully saturated rings. The minimum Gasteiger partial charge on any atom is -0.347 e. The lowest BCUT2D eigenvalue weighted by Gasteiger charge is -2.33. The van der Waals surface area contributed by atoms with Crippen molar-refractivity contribution >= 4 is 17.7 Å². The fourth-order valence-electron chi connectivity index (χ4n) is 4.95. The quantitative estimate of drug-likeness (QED) is 0.649. The molecule has 31 heavy (non-hydrogen) atoms. The molecule has 3 N–H and O–H groups in total. The first kappa shape index (κ1) is 21.8. The van der Waals surface area contributed by atoms with Gasteiger partial charge in [-0.15, -0.1) is 0 Å². The summed E-state index contributed by atoms with van der Waals surface area (Å²) >= 11 is 0. The molecule has 1 aliphatic carbocycles. The Morgan fingerprint density at radius 3 is 2.61 bits per heavy atom. The fraction of sp³-hybridized carbons (Fsp3) is 0.609. The number of hydrazine groups is 1. The van der Waals surface area contributed by atoms with Crippen molar-refractivity contribution < 1.29 is 14.4 Å². The Hall–Kier alpha value is -2.45. The van der Waals surface area contributed by atoms with E-state index in [4.69, 9.17) is 0 Å². The minimum absolute atomic E-state index is 0.0134. The van der Waals surface area contributed by atoms with Crippen LogP contribution in [0.2, 0.25) is 0 Å². The number of aryl methyl sites for hydroxylation is 1. The van der Waals surface area contributed by atoms with Gasteiger partial charge in [-0.2, -0.15) is 0 Å². The van der Waals surface area contributed by atoms with Crippen molar-refractivity contribution in [2.24, 2.45) is 0 Å². The lowest BCUT2D eigenvalue weighted by molar-refractivity contribution is -0.154. The first-order valence-corrected chi connectivity index (χ1v) is 11.4. The normalized spacial score (nSPS) is 27.1. The van der Waals surface area contributed by atoms with Crippen LogP contribution in [-0.4, -0.2) is 66.0 Å². The van der Waals surface area contributed by atoms with E-state index >= 15 is 0 Å². The van der Waals surface area contributed by atoms with E-state index in [2.05, 4.69) is 28.1 Å². The molecule has 0 aromatic heterocycles. The van der Waals surface area contributed by atoms with Crippen molar-refractivity contribution in [2.75, 3.05) is 20.1 Å². The average molecular weight is 428 g/mol. The highest BCUT2D eigenvalue weighted by Gasteiger charge is 2.44. The van der Waals surface area contributed by atoms with Crippen LogP contribution in [0.4, 0.5) is 0 Å². The Morgan fingerprint density at radius 1 is 1.03 bits per heavy atom. The maximum Gasteiger partial charge on any atom is 0.260 e. The zero-order valence-corrected chi connectivity index (χ0v) is 18.4. The summed E-state index contributed by atoms with van der Waals surface area (Å²) in [6.45, 7) is 3.16. The van der Waals surface area contributed by atoms with Gasteiger partial charge in [0, 0.05) is 13.1 Å². The molecular weight excluding hydrogens is 394 g/mol. The number of likely N-dealkylation sites (N-methyl/N-ethyl adjacent to an activating group) is 1. The highest BCUT2D eigenvalue weighted by Crippen LogP contribution is 2.31. The topological polar surface area (TPSA) is 93.8 Å². The molecule has 0 bridgehead atoms. The number of hydrogen-bond acceptors (Lipinski definition) is 5. The summed E-state index contributed by atoms with van der Waals surface area (Å²) in [5.74, 6) is -0.489. The first-order valence-electron chi connectivity index (χ1n) is 11.4. The van der Waals surface area contributed by atoms with Crippen molar-refractivity contribution in [3.63, 3.8) is 0 Å². The largest absolute Gasteiger partial charge is 0.347 e. The third-order valence-electron chi connectivity index (χ3n) is 6.82.